The van der Waals surface area contributed by atoms with Gasteiger partial charge in [-0.25, -0.2) is 0 Å². The number of hydrogen-bond donors (Lipinski definition) is 0. The molecule has 0 aliphatic carbocycles. The molecule has 0 unspecified atom stereocenters. The molecule has 2 aliphatic rings. The molecule has 0 saturated heterocycles. The number of carbonyl (C=O) groups is 1. The van der Waals surface area contributed by atoms with Crippen LogP contribution < -0.4 is 18.9 Å². The van der Waals surface area contributed by atoms with E-state index in [1.165, 1.54) is 0 Å². The quantitative estimate of drug-likeness (QED) is 0.435. The molecule has 162 valence electrons. The number of fused-ring (bicyclic) bond motifs is 2. The highest BCUT2D eigenvalue weighted by Gasteiger charge is 2.28. The van der Waals surface area contributed by atoms with Crippen molar-refractivity contribution in [3.63, 3.8) is 0 Å². The summed E-state index contributed by atoms with van der Waals surface area (Å²) in [6, 6.07) is 16.7. The number of hydrogen-bond acceptors (Lipinski definition) is 6. The molecular formula is C25H19BrO6. The van der Waals surface area contributed by atoms with E-state index in [0.29, 0.717) is 36.0 Å². The number of benzene rings is 3. The van der Waals surface area contributed by atoms with E-state index >= 15 is 0 Å². The van der Waals surface area contributed by atoms with Gasteiger partial charge in [0.05, 0.1) is 19.3 Å². The molecule has 0 radical (unpaired) electrons. The van der Waals surface area contributed by atoms with Crippen LogP contribution in [0.4, 0.5) is 0 Å². The highest BCUT2D eigenvalue weighted by Crippen LogP contribution is 2.38. The van der Waals surface area contributed by atoms with Crippen LogP contribution >= 0.6 is 15.9 Å². The van der Waals surface area contributed by atoms with Crippen LogP contribution in [0.15, 0.2) is 64.8 Å². The fourth-order valence-electron chi connectivity index (χ4n) is 3.60. The average Bonchev–Trinajstić information content (AvgIpc) is 3.12. The van der Waals surface area contributed by atoms with Crippen molar-refractivity contribution >= 4 is 27.8 Å². The minimum Gasteiger partial charge on any atom is -0.497 e. The van der Waals surface area contributed by atoms with Crippen molar-refractivity contribution < 1.29 is 28.5 Å². The van der Waals surface area contributed by atoms with Gasteiger partial charge >= 0.3 is 0 Å². The summed E-state index contributed by atoms with van der Waals surface area (Å²) in [4.78, 5) is 12.9. The van der Waals surface area contributed by atoms with Crippen LogP contribution in [0.3, 0.4) is 0 Å². The summed E-state index contributed by atoms with van der Waals surface area (Å²) >= 11 is 3.50. The number of Topliss-reactive ketones (excluding diaryl/α,β-unsaturated/α-hetero) is 1. The highest BCUT2D eigenvalue weighted by molar-refractivity contribution is 9.10. The lowest BCUT2D eigenvalue weighted by atomic mass is 10.1. The Balaban J connectivity index is 1.35. The van der Waals surface area contributed by atoms with E-state index < -0.39 is 0 Å². The minimum absolute atomic E-state index is 0.175. The van der Waals surface area contributed by atoms with Crippen LogP contribution in [0.1, 0.15) is 27.0 Å². The highest BCUT2D eigenvalue weighted by atomic mass is 79.9. The van der Waals surface area contributed by atoms with Crippen molar-refractivity contribution in [2.45, 2.75) is 13.2 Å². The van der Waals surface area contributed by atoms with E-state index in [1.54, 1.807) is 31.4 Å². The molecule has 0 aromatic heterocycles. The molecule has 3 aromatic rings. The Morgan fingerprint density at radius 3 is 2.69 bits per heavy atom. The van der Waals surface area contributed by atoms with Gasteiger partial charge in [0, 0.05) is 21.7 Å². The molecule has 0 atom stereocenters. The zero-order valence-electron chi connectivity index (χ0n) is 17.2. The zero-order chi connectivity index (χ0) is 22.1. The van der Waals surface area contributed by atoms with Crippen molar-refractivity contribution in [3.8, 4) is 23.0 Å². The minimum atomic E-state index is -0.178. The van der Waals surface area contributed by atoms with Gasteiger partial charge < -0.3 is 23.7 Å². The number of rotatable bonds is 5. The van der Waals surface area contributed by atoms with Crippen molar-refractivity contribution in [2.75, 3.05) is 13.9 Å². The molecule has 0 saturated carbocycles. The van der Waals surface area contributed by atoms with Gasteiger partial charge in [-0.3, -0.25) is 4.79 Å². The predicted molar refractivity (Wildman–Crippen MR) is 121 cm³/mol. The largest absolute Gasteiger partial charge is 0.497 e. The molecule has 6 nitrogen and oxygen atoms in total. The Morgan fingerprint density at radius 2 is 1.88 bits per heavy atom. The molecule has 32 heavy (non-hydrogen) atoms. The first-order valence-corrected chi connectivity index (χ1v) is 10.8. The maximum atomic E-state index is 12.9. The Labute approximate surface area is 193 Å². The van der Waals surface area contributed by atoms with Gasteiger partial charge in [0.1, 0.15) is 29.6 Å². The van der Waals surface area contributed by atoms with Gasteiger partial charge in [0.25, 0.3) is 0 Å². The van der Waals surface area contributed by atoms with Crippen LogP contribution in [0.2, 0.25) is 0 Å². The first kappa shape index (κ1) is 20.6. The summed E-state index contributed by atoms with van der Waals surface area (Å²) < 4.78 is 28.8. The lowest BCUT2D eigenvalue weighted by Crippen LogP contribution is -2.12. The molecule has 5 rings (SSSR count). The Bertz CT molecular complexity index is 1220. The third-order valence-electron chi connectivity index (χ3n) is 5.20. The third-order valence-corrected chi connectivity index (χ3v) is 5.65. The van der Waals surface area contributed by atoms with Crippen LogP contribution in [0.25, 0.3) is 6.08 Å². The van der Waals surface area contributed by atoms with E-state index in [2.05, 4.69) is 15.9 Å². The maximum Gasteiger partial charge on any atom is 0.231 e. The monoisotopic (exact) mass is 494 g/mol. The summed E-state index contributed by atoms with van der Waals surface area (Å²) in [5.41, 5.74) is 3.17. The fourth-order valence-corrected chi connectivity index (χ4v) is 4.13. The van der Waals surface area contributed by atoms with Crippen LogP contribution in [0.5, 0.6) is 23.0 Å². The van der Waals surface area contributed by atoms with E-state index in [9.17, 15) is 4.79 Å². The molecule has 0 spiro atoms. The van der Waals surface area contributed by atoms with Crippen LogP contribution in [-0.2, 0) is 18.0 Å². The second-order valence-corrected chi connectivity index (χ2v) is 8.24. The van der Waals surface area contributed by atoms with Gasteiger partial charge in [0.15, 0.2) is 12.6 Å². The second kappa shape index (κ2) is 8.68. The number of halogens is 1. The lowest BCUT2D eigenvalue weighted by Gasteiger charge is -2.20. The molecule has 2 heterocycles. The molecule has 7 heteroatoms. The van der Waals surface area contributed by atoms with Gasteiger partial charge in [-0.05, 0) is 48.0 Å². The summed E-state index contributed by atoms with van der Waals surface area (Å²) in [7, 11) is 1.63. The average molecular weight is 495 g/mol. The second-order valence-electron chi connectivity index (χ2n) is 7.33. The van der Waals surface area contributed by atoms with Crippen molar-refractivity contribution in [1.29, 1.82) is 0 Å². The third kappa shape index (κ3) is 4.09. The summed E-state index contributed by atoms with van der Waals surface area (Å²) in [5.74, 6) is 2.64. The molecule has 0 amide bonds. The molecule has 0 N–H and O–H groups in total. The summed E-state index contributed by atoms with van der Waals surface area (Å²) in [6.45, 7) is 1.02. The van der Waals surface area contributed by atoms with E-state index in [0.717, 1.165) is 26.9 Å². The lowest BCUT2D eigenvalue weighted by molar-refractivity contribution is -0.0165. The molecular weight excluding hydrogens is 476 g/mol. The van der Waals surface area contributed by atoms with E-state index in [-0.39, 0.29) is 18.3 Å². The van der Waals surface area contributed by atoms with E-state index in [1.807, 2.05) is 36.4 Å². The Kier molecular flexibility index (Phi) is 5.59. The number of ketones is 1. The molecule has 0 fully saturated rings. The van der Waals surface area contributed by atoms with Gasteiger partial charge in [0.2, 0.25) is 5.78 Å². The van der Waals surface area contributed by atoms with Gasteiger partial charge in [-0.2, -0.15) is 0 Å². The fraction of sp³-hybridized carbons (Fsp3) is 0.160. The molecule has 3 aromatic carbocycles. The Morgan fingerprint density at radius 1 is 1.06 bits per heavy atom. The zero-order valence-corrected chi connectivity index (χ0v) is 18.8. The van der Waals surface area contributed by atoms with Gasteiger partial charge in [-0.15, -0.1) is 0 Å². The predicted octanol–water partition coefficient (Wildman–Crippen LogP) is 5.52. The number of carbonyl (C=O) groups excluding carboxylic acids is 1. The summed E-state index contributed by atoms with van der Waals surface area (Å²) in [5, 5.41) is 0. The van der Waals surface area contributed by atoms with Crippen molar-refractivity contribution in [3.05, 3.63) is 87.1 Å². The van der Waals surface area contributed by atoms with Crippen molar-refractivity contribution in [1.82, 2.24) is 0 Å². The summed E-state index contributed by atoms with van der Waals surface area (Å²) in [6.07, 6.45) is 1.70. The number of methoxy groups -OCH3 is 1. The number of ether oxygens (including phenoxy) is 5. The first-order valence-electron chi connectivity index (χ1n) is 9.98. The van der Waals surface area contributed by atoms with Crippen LogP contribution in [-0.4, -0.2) is 19.7 Å². The molecule has 2 aliphatic heterocycles. The van der Waals surface area contributed by atoms with Gasteiger partial charge in [-0.1, -0.05) is 28.1 Å². The van der Waals surface area contributed by atoms with Crippen LogP contribution in [0, 0.1) is 0 Å². The first-order chi connectivity index (χ1) is 15.6. The Hall–Kier alpha value is -3.29. The maximum absolute atomic E-state index is 12.9. The molecule has 0 bridgehead atoms. The van der Waals surface area contributed by atoms with E-state index in [4.69, 9.17) is 23.7 Å². The number of allylic oxidation sites excluding steroid dienone is 1. The van der Waals surface area contributed by atoms with Crippen molar-refractivity contribution in [2.24, 2.45) is 0 Å². The SMILES string of the molecule is COc1ccc(COc2ccc3c(c2)O/C(=C\c2cc(Br)cc4c2OCOC4)C3=O)cc1. The standard InChI is InChI=1S/C25H19BrO6/c1-28-19-4-2-15(3-5-19)12-30-20-6-7-21-22(11-20)32-23(24(21)27)10-16-8-18(26)9-17-13-29-14-31-25(16)17/h2-11H,12-14H2,1H3/b23-10-. The normalized spacial score (nSPS) is 15.6. The topological polar surface area (TPSA) is 63.2 Å². The smallest absolute Gasteiger partial charge is 0.231 e.